The maximum Gasteiger partial charge on any atom is 0.258 e. The molecular formula is C17H19NO3. The van der Waals surface area contributed by atoms with Crippen molar-refractivity contribution in [3.8, 4) is 5.75 Å². The lowest BCUT2D eigenvalue weighted by atomic mass is 10.0. The van der Waals surface area contributed by atoms with Crippen molar-refractivity contribution in [2.24, 2.45) is 0 Å². The molecule has 2 N–H and O–H groups in total. The second kappa shape index (κ2) is 6.90. The summed E-state index contributed by atoms with van der Waals surface area (Å²) in [4.78, 5) is 11.6. The van der Waals surface area contributed by atoms with Gasteiger partial charge in [-0.05, 0) is 12.3 Å². The van der Waals surface area contributed by atoms with E-state index in [1.165, 1.54) is 0 Å². The van der Waals surface area contributed by atoms with Crippen LogP contribution < -0.4 is 10.1 Å². The Hall–Kier alpha value is -2.33. The third kappa shape index (κ3) is 3.61. The predicted octanol–water partition coefficient (Wildman–Crippen LogP) is 2.57. The number of amides is 1. The van der Waals surface area contributed by atoms with Gasteiger partial charge < -0.3 is 15.2 Å². The molecule has 0 saturated carbocycles. The van der Waals surface area contributed by atoms with Gasteiger partial charge in [0.25, 0.3) is 5.91 Å². The lowest BCUT2D eigenvalue weighted by molar-refractivity contribution is -0.122. The Morgan fingerprint density at radius 2 is 2.14 bits per heavy atom. The van der Waals surface area contributed by atoms with Crippen LogP contribution >= 0.6 is 0 Å². The van der Waals surface area contributed by atoms with Gasteiger partial charge in [0.2, 0.25) is 0 Å². The first-order chi connectivity index (χ1) is 10.1. The molecule has 0 aliphatic heterocycles. The van der Waals surface area contributed by atoms with Crippen LogP contribution in [-0.4, -0.2) is 24.2 Å². The Bertz CT molecular complexity index is 650. The average Bonchev–Trinajstić information content (AvgIpc) is 2.50. The zero-order chi connectivity index (χ0) is 15.2. The molecule has 0 spiro atoms. The Balaban J connectivity index is 2.29. The monoisotopic (exact) mass is 285 g/mol. The van der Waals surface area contributed by atoms with E-state index in [0.29, 0.717) is 17.9 Å². The van der Waals surface area contributed by atoms with E-state index in [0.717, 1.165) is 10.8 Å². The van der Waals surface area contributed by atoms with Gasteiger partial charge in [-0.15, -0.1) is 6.58 Å². The second-order valence-corrected chi connectivity index (χ2v) is 4.76. The second-order valence-electron chi connectivity index (χ2n) is 4.76. The first-order valence-electron chi connectivity index (χ1n) is 6.83. The average molecular weight is 285 g/mol. The number of rotatable bonds is 6. The highest BCUT2D eigenvalue weighted by molar-refractivity contribution is 5.90. The van der Waals surface area contributed by atoms with Gasteiger partial charge in [-0.1, -0.05) is 42.5 Å². The molecule has 110 valence electrons. The Morgan fingerprint density at radius 1 is 1.38 bits per heavy atom. The van der Waals surface area contributed by atoms with Crippen LogP contribution in [0, 0.1) is 0 Å². The number of nitrogens with one attached hydrogen (secondary N) is 1. The van der Waals surface area contributed by atoms with Crippen LogP contribution in [0.25, 0.3) is 10.8 Å². The van der Waals surface area contributed by atoms with Crippen LogP contribution in [0.5, 0.6) is 5.75 Å². The van der Waals surface area contributed by atoms with Gasteiger partial charge in [-0.25, -0.2) is 0 Å². The van der Waals surface area contributed by atoms with Crippen molar-refractivity contribution in [3.63, 3.8) is 0 Å². The number of carbonyl (C=O) groups excluding carboxylic acids is 1. The zero-order valence-electron chi connectivity index (χ0n) is 12.0. The highest BCUT2D eigenvalue weighted by atomic mass is 16.5. The summed E-state index contributed by atoms with van der Waals surface area (Å²) in [5.74, 6) is 0.330. The van der Waals surface area contributed by atoms with Gasteiger partial charge in [0.05, 0.1) is 6.10 Å². The van der Waals surface area contributed by atoms with Crippen LogP contribution in [0.4, 0.5) is 0 Å². The lowest BCUT2D eigenvalue weighted by Crippen LogP contribution is -2.29. The molecule has 0 bridgehead atoms. The molecule has 4 heteroatoms. The minimum atomic E-state index is -0.666. The number of ether oxygens (including phenoxy) is 1. The van der Waals surface area contributed by atoms with Crippen molar-refractivity contribution in [1.29, 1.82) is 0 Å². The topological polar surface area (TPSA) is 58.6 Å². The van der Waals surface area contributed by atoms with E-state index in [4.69, 9.17) is 4.74 Å². The molecular weight excluding hydrogens is 266 g/mol. The third-order valence-electron chi connectivity index (χ3n) is 3.15. The third-order valence-corrected chi connectivity index (χ3v) is 3.15. The van der Waals surface area contributed by atoms with Gasteiger partial charge in [0.1, 0.15) is 5.75 Å². The molecule has 0 radical (unpaired) electrons. The molecule has 2 aromatic carbocycles. The van der Waals surface area contributed by atoms with Crippen molar-refractivity contribution >= 4 is 16.7 Å². The summed E-state index contributed by atoms with van der Waals surface area (Å²) in [6.45, 7) is 5.52. The van der Waals surface area contributed by atoms with E-state index in [1.54, 1.807) is 13.0 Å². The molecule has 2 rings (SSSR count). The number of aliphatic hydroxyl groups excluding tert-OH is 1. The van der Waals surface area contributed by atoms with Crippen LogP contribution in [0.3, 0.4) is 0 Å². The molecule has 0 aliphatic rings. The molecule has 1 atom stereocenters. The minimum Gasteiger partial charge on any atom is -0.483 e. The highest BCUT2D eigenvalue weighted by Crippen LogP contribution is 2.33. The molecule has 21 heavy (non-hydrogen) atoms. The van der Waals surface area contributed by atoms with Crippen LogP contribution in [0.2, 0.25) is 0 Å². The number of fused-ring (bicyclic) bond motifs is 1. The first-order valence-corrected chi connectivity index (χ1v) is 6.83. The molecule has 4 nitrogen and oxygen atoms in total. The summed E-state index contributed by atoms with van der Waals surface area (Å²) in [7, 11) is 0. The Morgan fingerprint density at radius 3 is 2.86 bits per heavy atom. The lowest BCUT2D eigenvalue weighted by Gasteiger charge is -2.16. The van der Waals surface area contributed by atoms with E-state index in [1.807, 2.05) is 36.4 Å². The summed E-state index contributed by atoms with van der Waals surface area (Å²) >= 11 is 0. The fraction of sp³-hybridized carbons (Fsp3) is 0.235. The molecule has 2 aromatic rings. The summed E-state index contributed by atoms with van der Waals surface area (Å²) in [5.41, 5.74) is 0.672. The molecule has 0 unspecified atom stereocenters. The first kappa shape index (κ1) is 15.1. The van der Waals surface area contributed by atoms with Crippen LogP contribution in [0.15, 0.2) is 49.1 Å². The molecule has 0 saturated heterocycles. The van der Waals surface area contributed by atoms with E-state index in [-0.39, 0.29) is 12.5 Å². The van der Waals surface area contributed by atoms with Crippen molar-refractivity contribution in [3.05, 3.63) is 54.6 Å². The van der Waals surface area contributed by atoms with Crippen molar-refractivity contribution < 1.29 is 14.6 Å². The number of carbonyl (C=O) groups is 1. The Kier molecular flexibility index (Phi) is 4.95. The van der Waals surface area contributed by atoms with E-state index in [2.05, 4.69) is 11.9 Å². The number of benzene rings is 2. The predicted molar refractivity (Wildman–Crippen MR) is 83.3 cm³/mol. The fourth-order valence-electron chi connectivity index (χ4n) is 2.12. The maximum atomic E-state index is 11.6. The summed E-state index contributed by atoms with van der Waals surface area (Å²) in [5, 5.41) is 14.4. The summed E-state index contributed by atoms with van der Waals surface area (Å²) in [6.07, 6.45) is 0.942. The maximum absolute atomic E-state index is 11.6. The summed E-state index contributed by atoms with van der Waals surface area (Å²) < 4.78 is 5.66. The van der Waals surface area contributed by atoms with E-state index in [9.17, 15) is 9.90 Å². The number of aliphatic hydroxyl groups is 1. The normalized spacial score (nSPS) is 11.9. The van der Waals surface area contributed by atoms with Crippen LogP contribution in [0.1, 0.15) is 18.6 Å². The van der Waals surface area contributed by atoms with Gasteiger partial charge in [0.15, 0.2) is 6.61 Å². The highest BCUT2D eigenvalue weighted by Gasteiger charge is 2.14. The fourth-order valence-corrected chi connectivity index (χ4v) is 2.12. The SMILES string of the molecule is C=CCNC(=O)COc1c([C@@H](C)O)ccc2ccccc12. The van der Waals surface area contributed by atoms with E-state index >= 15 is 0 Å². The largest absolute Gasteiger partial charge is 0.483 e. The van der Waals surface area contributed by atoms with Gasteiger partial charge in [0, 0.05) is 17.5 Å². The quantitative estimate of drug-likeness (QED) is 0.802. The molecule has 1 amide bonds. The zero-order valence-corrected chi connectivity index (χ0v) is 12.0. The molecule has 0 fully saturated rings. The van der Waals surface area contributed by atoms with Gasteiger partial charge in [-0.2, -0.15) is 0 Å². The van der Waals surface area contributed by atoms with Crippen molar-refractivity contribution in [1.82, 2.24) is 5.32 Å². The minimum absolute atomic E-state index is 0.0957. The van der Waals surface area contributed by atoms with Crippen LogP contribution in [-0.2, 0) is 4.79 Å². The van der Waals surface area contributed by atoms with Crippen molar-refractivity contribution in [2.75, 3.05) is 13.2 Å². The number of hydrogen-bond donors (Lipinski definition) is 2. The summed E-state index contributed by atoms with van der Waals surface area (Å²) in [6, 6.07) is 11.5. The van der Waals surface area contributed by atoms with Gasteiger partial charge in [-0.3, -0.25) is 4.79 Å². The smallest absolute Gasteiger partial charge is 0.258 e. The van der Waals surface area contributed by atoms with Gasteiger partial charge >= 0.3 is 0 Å². The van der Waals surface area contributed by atoms with Crippen molar-refractivity contribution in [2.45, 2.75) is 13.0 Å². The molecule has 0 heterocycles. The molecule has 0 aliphatic carbocycles. The standard InChI is InChI=1S/C17H19NO3/c1-3-10-18-16(20)11-21-17-14(12(2)19)9-8-13-6-4-5-7-15(13)17/h3-9,12,19H,1,10-11H2,2H3,(H,18,20)/t12-/m1/s1. The van der Waals surface area contributed by atoms with E-state index < -0.39 is 6.10 Å². The number of hydrogen-bond acceptors (Lipinski definition) is 3. The Labute approximate surface area is 124 Å². The molecule has 0 aromatic heterocycles.